The zero-order valence-corrected chi connectivity index (χ0v) is 22.4. The van der Waals surface area contributed by atoms with Gasteiger partial charge in [-0.2, -0.15) is 5.10 Å². The minimum atomic E-state index is -3.15. The van der Waals surface area contributed by atoms with Crippen LogP contribution in [0.3, 0.4) is 0 Å². The quantitative estimate of drug-likeness (QED) is 0.439. The lowest BCUT2D eigenvalue weighted by Gasteiger charge is -2.39. The van der Waals surface area contributed by atoms with E-state index >= 15 is 0 Å². The van der Waals surface area contributed by atoms with Gasteiger partial charge in [-0.1, -0.05) is 37.3 Å². The van der Waals surface area contributed by atoms with Crippen LogP contribution < -0.4 is 5.32 Å². The summed E-state index contributed by atoms with van der Waals surface area (Å²) in [5.41, 5.74) is 1.78. The Kier molecular flexibility index (Phi) is 8.31. The van der Waals surface area contributed by atoms with Gasteiger partial charge >= 0.3 is 0 Å². The third-order valence-corrected chi connectivity index (χ3v) is 6.74. The molecule has 1 atom stereocenters. The summed E-state index contributed by atoms with van der Waals surface area (Å²) in [6.07, 6.45) is 2.77. The Morgan fingerprint density at radius 3 is 2.51 bits per heavy atom. The number of hydrogen-bond donors (Lipinski definition) is 1. The van der Waals surface area contributed by atoms with Crippen molar-refractivity contribution in [2.24, 2.45) is 11.8 Å². The van der Waals surface area contributed by atoms with E-state index in [2.05, 4.69) is 27.2 Å². The van der Waals surface area contributed by atoms with E-state index in [0.717, 1.165) is 0 Å². The second kappa shape index (κ2) is 11.5. The van der Waals surface area contributed by atoms with Crippen LogP contribution in [0.4, 0.5) is 19.0 Å². The molecule has 3 heterocycles. The van der Waals surface area contributed by atoms with Gasteiger partial charge in [0.25, 0.3) is 11.8 Å². The Morgan fingerprint density at radius 2 is 1.87 bits per heavy atom. The zero-order valence-electron chi connectivity index (χ0n) is 21.6. The number of anilines is 1. The van der Waals surface area contributed by atoms with Crippen molar-refractivity contribution in [1.29, 1.82) is 0 Å². The summed E-state index contributed by atoms with van der Waals surface area (Å²) in [6, 6.07) is 7.49. The summed E-state index contributed by atoms with van der Waals surface area (Å²) in [6.45, 7) is 4.37. The average Bonchev–Trinajstić information content (AvgIpc) is 3.25. The molecular weight excluding hydrogens is 531 g/mol. The van der Waals surface area contributed by atoms with Crippen molar-refractivity contribution in [3.63, 3.8) is 0 Å². The zero-order chi connectivity index (χ0) is 28.3. The molecule has 2 amide bonds. The molecule has 4 rings (SSSR count). The van der Waals surface area contributed by atoms with Crippen molar-refractivity contribution < 1.29 is 22.8 Å². The van der Waals surface area contributed by atoms with Gasteiger partial charge in [0.05, 0.1) is 24.3 Å². The number of benzene rings is 1. The van der Waals surface area contributed by atoms with Gasteiger partial charge in [-0.3, -0.25) is 14.3 Å². The van der Waals surface area contributed by atoms with E-state index in [4.69, 9.17) is 11.6 Å². The van der Waals surface area contributed by atoms with Gasteiger partial charge in [-0.05, 0) is 49.2 Å². The molecule has 11 heteroatoms. The van der Waals surface area contributed by atoms with Crippen LogP contribution in [0.25, 0.3) is 0 Å². The number of rotatable bonds is 5. The molecule has 0 spiro atoms. The highest BCUT2D eigenvalue weighted by Crippen LogP contribution is 2.35. The number of amides is 2. The molecule has 1 aromatic carbocycles. The molecule has 1 fully saturated rings. The lowest BCUT2D eigenvalue weighted by atomic mass is 9.92. The number of carbonyl (C=O) groups is 2. The SMILES string of the molecule is Cc1cc(C#Cc2ccc(F)cc2)cnc1NC(=O)c1c(Cl)cnn1CC1CCN(C(=O)C(C)C)CC1(F)F. The highest BCUT2D eigenvalue weighted by molar-refractivity contribution is 6.34. The van der Waals surface area contributed by atoms with Crippen LogP contribution in [0.5, 0.6) is 0 Å². The third kappa shape index (κ3) is 6.60. The number of aryl methyl sites for hydroxylation is 1. The number of halogens is 4. The summed E-state index contributed by atoms with van der Waals surface area (Å²) in [5.74, 6) is 0.144. The summed E-state index contributed by atoms with van der Waals surface area (Å²) < 4.78 is 44.2. The Morgan fingerprint density at radius 1 is 1.18 bits per heavy atom. The van der Waals surface area contributed by atoms with Gasteiger partial charge in [-0.15, -0.1) is 0 Å². The van der Waals surface area contributed by atoms with Crippen molar-refractivity contribution in [1.82, 2.24) is 19.7 Å². The summed E-state index contributed by atoms with van der Waals surface area (Å²) in [5, 5.41) is 6.75. The fraction of sp³-hybridized carbons (Fsp3) is 0.357. The van der Waals surface area contributed by atoms with E-state index in [9.17, 15) is 22.8 Å². The van der Waals surface area contributed by atoms with E-state index in [0.29, 0.717) is 16.7 Å². The molecule has 0 saturated carbocycles. The van der Waals surface area contributed by atoms with Crippen LogP contribution in [0.1, 0.15) is 47.4 Å². The molecule has 0 aliphatic carbocycles. The first-order valence-electron chi connectivity index (χ1n) is 12.4. The number of nitrogens with one attached hydrogen (secondary N) is 1. The Balaban J connectivity index is 1.46. The topological polar surface area (TPSA) is 80.1 Å². The number of pyridine rings is 1. The van der Waals surface area contributed by atoms with Gasteiger partial charge in [0, 0.05) is 35.7 Å². The molecule has 1 aliphatic heterocycles. The summed E-state index contributed by atoms with van der Waals surface area (Å²) in [4.78, 5) is 30.8. The first kappa shape index (κ1) is 28.2. The van der Waals surface area contributed by atoms with Crippen molar-refractivity contribution in [2.45, 2.75) is 39.7 Å². The van der Waals surface area contributed by atoms with E-state index in [1.54, 1.807) is 39.0 Å². The first-order chi connectivity index (χ1) is 18.4. The molecule has 3 aromatic rings. The normalized spacial score (nSPS) is 16.5. The lowest BCUT2D eigenvalue weighted by Crippen LogP contribution is -2.52. The van der Waals surface area contributed by atoms with Gasteiger partial charge in [0.1, 0.15) is 17.3 Å². The molecule has 0 bridgehead atoms. The number of hydrogen-bond acceptors (Lipinski definition) is 4. The monoisotopic (exact) mass is 557 g/mol. The average molecular weight is 558 g/mol. The predicted molar refractivity (Wildman–Crippen MR) is 141 cm³/mol. The van der Waals surface area contributed by atoms with Crippen LogP contribution in [0.2, 0.25) is 5.02 Å². The molecule has 1 aliphatic rings. The fourth-order valence-electron chi connectivity index (χ4n) is 4.32. The van der Waals surface area contributed by atoms with Gasteiger partial charge < -0.3 is 10.2 Å². The molecule has 2 aromatic heterocycles. The molecule has 0 radical (unpaired) electrons. The molecule has 204 valence electrons. The second-order valence-corrected chi connectivity index (χ2v) is 10.2. The Labute approximate surface area is 229 Å². The highest BCUT2D eigenvalue weighted by atomic mass is 35.5. The second-order valence-electron chi connectivity index (χ2n) is 9.78. The van der Waals surface area contributed by atoms with Gasteiger partial charge in [0.2, 0.25) is 5.91 Å². The first-order valence-corrected chi connectivity index (χ1v) is 12.8. The molecule has 1 N–H and O–H groups in total. The number of carbonyl (C=O) groups excluding carboxylic acids is 2. The summed E-state index contributed by atoms with van der Waals surface area (Å²) >= 11 is 6.22. The maximum Gasteiger partial charge on any atom is 0.276 e. The van der Waals surface area contributed by atoms with E-state index < -0.39 is 24.3 Å². The maximum atomic E-state index is 15.0. The molecule has 1 unspecified atom stereocenters. The number of nitrogens with zero attached hydrogens (tertiary/aromatic N) is 4. The number of aromatic nitrogens is 3. The van der Waals surface area contributed by atoms with Gasteiger partial charge in [-0.25, -0.2) is 18.2 Å². The van der Waals surface area contributed by atoms with Crippen molar-refractivity contribution >= 4 is 29.2 Å². The lowest BCUT2D eigenvalue weighted by molar-refractivity contribution is -0.154. The number of alkyl halides is 2. The number of likely N-dealkylation sites (tertiary alicyclic amines) is 1. The standard InChI is InChI=1S/C28H27ClF3N5O2/c1-17(2)27(39)36-11-10-21(28(31,32)16-36)15-37-24(23(29)14-34-37)26(38)35-25-18(3)12-20(13-33-25)5-4-19-6-8-22(30)9-7-19/h6-9,12-14,17,21H,10-11,15-16H2,1-3H3,(H,33,35,38). The fourth-order valence-corrected chi connectivity index (χ4v) is 4.54. The van der Waals surface area contributed by atoms with E-state index in [1.807, 2.05) is 0 Å². The molecule has 7 nitrogen and oxygen atoms in total. The maximum absolute atomic E-state index is 15.0. The molecule has 1 saturated heterocycles. The van der Waals surface area contributed by atoms with Crippen LogP contribution in [-0.2, 0) is 11.3 Å². The third-order valence-electron chi connectivity index (χ3n) is 6.46. The van der Waals surface area contributed by atoms with Crippen LogP contribution in [-0.4, -0.2) is 50.5 Å². The Bertz CT molecular complexity index is 1440. The minimum Gasteiger partial charge on any atom is -0.336 e. The van der Waals surface area contributed by atoms with Crippen LogP contribution in [0.15, 0.2) is 42.7 Å². The van der Waals surface area contributed by atoms with Crippen LogP contribution >= 0.6 is 11.6 Å². The predicted octanol–water partition coefficient (Wildman–Crippen LogP) is 5.17. The smallest absolute Gasteiger partial charge is 0.276 e. The highest BCUT2D eigenvalue weighted by Gasteiger charge is 2.46. The van der Waals surface area contributed by atoms with Crippen LogP contribution in [0, 0.1) is 36.4 Å². The van der Waals surface area contributed by atoms with Gasteiger partial charge in [0.15, 0.2) is 0 Å². The van der Waals surface area contributed by atoms with Crippen molar-refractivity contribution in [3.8, 4) is 11.8 Å². The van der Waals surface area contributed by atoms with Crippen molar-refractivity contribution in [2.75, 3.05) is 18.4 Å². The minimum absolute atomic E-state index is 0.0164. The van der Waals surface area contributed by atoms with E-state index in [-0.39, 0.29) is 53.7 Å². The van der Waals surface area contributed by atoms with Crippen molar-refractivity contribution in [3.05, 3.63) is 75.9 Å². The Hall–Kier alpha value is -3.84. The molecule has 39 heavy (non-hydrogen) atoms. The summed E-state index contributed by atoms with van der Waals surface area (Å²) in [7, 11) is 0. The number of piperidine rings is 1. The largest absolute Gasteiger partial charge is 0.336 e. The molecular formula is C28H27ClF3N5O2. The van der Waals surface area contributed by atoms with E-state index in [1.165, 1.54) is 34.1 Å².